The smallest absolute Gasteiger partial charge is 0.271 e. The molecule has 1 unspecified atom stereocenters. The molecule has 4 rings (SSSR count). The Hall–Kier alpha value is -3.42. The second-order valence-electron chi connectivity index (χ2n) is 6.61. The number of amides is 1. The molecule has 1 aliphatic heterocycles. The summed E-state index contributed by atoms with van der Waals surface area (Å²) in [5.74, 6) is 0.414. The molecule has 0 aliphatic carbocycles. The maximum atomic E-state index is 11.8. The largest absolute Gasteiger partial charge is 0.377 e. The van der Waals surface area contributed by atoms with Crippen LogP contribution in [0.4, 0.5) is 17.1 Å². The summed E-state index contributed by atoms with van der Waals surface area (Å²) in [7, 11) is 3.66. The van der Waals surface area contributed by atoms with Crippen molar-refractivity contribution in [1.29, 1.82) is 0 Å². The minimum atomic E-state index is -0.413. The van der Waals surface area contributed by atoms with E-state index in [4.69, 9.17) is 0 Å². The van der Waals surface area contributed by atoms with Gasteiger partial charge in [0.05, 0.1) is 27.6 Å². The second kappa shape index (κ2) is 5.55. The van der Waals surface area contributed by atoms with Gasteiger partial charge >= 0.3 is 0 Å². The molecule has 1 atom stereocenters. The van der Waals surface area contributed by atoms with Gasteiger partial charge in [-0.25, -0.2) is 4.98 Å². The second-order valence-corrected chi connectivity index (χ2v) is 6.61. The molecule has 2 heterocycles. The molecular formula is C18H17N5O3. The Kier molecular flexibility index (Phi) is 3.43. The number of nitro groups is 1. The summed E-state index contributed by atoms with van der Waals surface area (Å²) in [5.41, 5.74) is 4.78. The monoisotopic (exact) mass is 351 g/mol. The molecule has 1 amide bonds. The number of aromatic amines is 1. The highest BCUT2D eigenvalue weighted by molar-refractivity contribution is 6.05. The van der Waals surface area contributed by atoms with Crippen LogP contribution in [0.2, 0.25) is 0 Å². The number of anilines is 2. The van der Waals surface area contributed by atoms with Gasteiger partial charge in [-0.05, 0) is 30.7 Å². The number of carbonyl (C=O) groups excluding carboxylic acids is 1. The quantitative estimate of drug-likeness (QED) is 0.557. The van der Waals surface area contributed by atoms with Gasteiger partial charge in [-0.3, -0.25) is 14.9 Å². The number of rotatable bonds is 3. The number of hydrogen-bond acceptors (Lipinski definition) is 5. The fourth-order valence-electron chi connectivity index (χ4n) is 3.25. The van der Waals surface area contributed by atoms with E-state index in [0.29, 0.717) is 11.5 Å². The van der Waals surface area contributed by atoms with Crippen LogP contribution < -0.4 is 10.2 Å². The predicted molar refractivity (Wildman–Crippen MR) is 99.6 cm³/mol. The third-order valence-electron chi connectivity index (χ3n) is 4.70. The van der Waals surface area contributed by atoms with Gasteiger partial charge in [0.1, 0.15) is 5.82 Å². The zero-order valence-electron chi connectivity index (χ0n) is 14.5. The van der Waals surface area contributed by atoms with Gasteiger partial charge in [0, 0.05) is 37.5 Å². The summed E-state index contributed by atoms with van der Waals surface area (Å²) in [6.07, 6.45) is 0. The van der Waals surface area contributed by atoms with E-state index in [0.717, 1.165) is 27.8 Å². The van der Waals surface area contributed by atoms with Crippen LogP contribution in [-0.2, 0) is 4.79 Å². The molecule has 1 aliphatic rings. The van der Waals surface area contributed by atoms with Crippen molar-refractivity contribution in [3.8, 4) is 11.4 Å². The van der Waals surface area contributed by atoms with Gasteiger partial charge in [-0.2, -0.15) is 0 Å². The van der Waals surface area contributed by atoms with Crippen LogP contribution in [-0.4, -0.2) is 34.9 Å². The first kappa shape index (κ1) is 16.1. The summed E-state index contributed by atoms with van der Waals surface area (Å²) in [6.45, 7) is 1.87. The van der Waals surface area contributed by atoms with E-state index in [1.54, 1.807) is 6.07 Å². The zero-order chi connectivity index (χ0) is 18.6. The number of fused-ring (bicyclic) bond motifs is 2. The van der Waals surface area contributed by atoms with Crippen LogP contribution in [0.15, 0.2) is 30.3 Å². The van der Waals surface area contributed by atoms with Gasteiger partial charge in [0.15, 0.2) is 0 Å². The van der Waals surface area contributed by atoms with E-state index in [2.05, 4.69) is 15.3 Å². The highest BCUT2D eigenvalue weighted by Gasteiger charge is 2.27. The predicted octanol–water partition coefficient (Wildman–Crippen LogP) is 3.26. The number of hydrogen-bond donors (Lipinski definition) is 2. The molecular weight excluding hydrogens is 334 g/mol. The number of H-pyrrole nitrogens is 1. The fraction of sp³-hybridized carbons (Fsp3) is 0.222. The third kappa shape index (κ3) is 2.38. The number of carbonyl (C=O) groups is 1. The lowest BCUT2D eigenvalue weighted by molar-refractivity contribution is -0.384. The van der Waals surface area contributed by atoms with E-state index in [1.807, 2.05) is 38.1 Å². The van der Waals surface area contributed by atoms with Crippen molar-refractivity contribution in [3.63, 3.8) is 0 Å². The minimum absolute atomic E-state index is 0.0156. The van der Waals surface area contributed by atoms with Crippen LogP contribution in [0.3, 0.4) is 0 Å². The minimum Gasteiger partial charge on any atom is -0.377 e. The molecule has 0 bridgehead atoms. The van der Waals surface area contributed by atoms with Crippen molar-refractivity contribution in [3.05, 3.63) is 46.0 Å². The fourth-order valence-corrected chi connectivity index (χ4v) is 3.25. The molecule has 0 fully saturated rings. The Balaban J connectivity index is 1.85. The van der Waals surface area contributed by atoms with Gasteiger partial charge in [-0.1, -0.05) is 0 Å². The summed E-state index contributed by atoms with van der Waals surface area (Å²) in [5, 5.41) is 13.9. The molecule has 0 spiro atoms. The van der Waals surface area contributed by atoms with Crippen LogP contribution in [0.25, 0.3) is 22.4 Å². The number of non-ortho nitro benzene ring substituents is 1. The van der Waals surface area contributed by atoms with Gasteiger partial charge < -0.3 is 15.2 Å². The van der Waals surface area contributed by atoms with Crippen molar-refractivity contribution in [2.75, 3.05) is 24.3 Å². The molecule has 8 heteroatoms. The van der Waals surface area contributed by atoms with E-state index in [1.165, 1.54) is 12.1 Å². The normalized spacial score (nSPS) is 15.8. The van der Waals surface area contributed by atoms with Crippen LogP contribution in [0.1, 0.15) is 18.4 Å². The van der Waals surface area contributed by atoms with Gasteiger partial charge in [-0.15, -0.1) is 0 Å². The van der Waals surface area contributed by atoms with Crippen LogP contribution in [0.5, 0.6) is 0 Å². The Labute approximate surface area is 149 Å². The van der Waals surface area contributed by atoms with E-state index < -0.39 is 4.92 Å². The Morgan fingerprint density at radius 2 is 2.00 bits per heavy atom. The number of nitrogens with zero attached hydrogens (tertiary/aromatic N) is 3. The third-order valence-corrected chi connectivity index (χ3v) is 4.70. The molecule has 0 radical (unpaired) electrons. The molecule has 2 aromatic carbocycles. The number of nitro benzene ring substituents is 1. The van der Waals surface area contributed by atoms with Crippen molar-refractivity contribution < 1.29 is 9.72 Å². The molecule has 0 saturated heterocycles. The Morgan fingerprint density at radius 1 is 1.23 bits per heavy atom. The maximum Gasteiger partial charge on any atom is 0.271 e. The maximum absolute atomic E-state index is 11.8. The highest BCUT2D eigenvalue weighted by atomic mass is 16.6. The lowest BCUT2D eigenvalue weighted by Crippen LogP contribution is -2.10. The first-order valence-electron chi connectivity index (χ1n) is 8.16. The van der Waals surface area contributed by atoms with Crippen molar-refractivity contribution >= 4 is 34.0 Å². The summed E-state index contributed by atoms with van der Waals surface area (Å²) < 4.78 is 0. The number of nitrogens with one attached hydrogen (secondary N) is 2. The Morgan fingerprint density at radius 3 is 2.69 bits per heavy atom. The molecule has 2 N–H and O–H groups in total. The first-order chi connectivity index (χ1) is 12.3. The standard InChI is InChI=1S/C18H17N5O3/c1-9-12-7-14-15(8-13(12)21-18(9)24)20-17(19-14)11-5-4-10(23(25)26)6-16(11)22(2)3/h4-9H,1-3H3,(H,19,20)(H,21,24). The molecule has 0 saturated carbocycles. The SMILES string of the molecule is CC1C(=O)Nc2cc3nc(-c4ccc([N+](=O)[O-])cc4N(C)C)[nH]c3cc21. The molecule has 8 nitrogen and oxygen atoms in total. The number of aromatic nitrogens is 2. The molecule has 26 heavy (non-hydrogen) atoms. The molecule has 132 valence electrons. The summed E-state index contributed by atoms with van der Waals surface area (Å²) >= 11 is 0. The van der Waals surface area contributed by atoms with Crippen molar-refractivity contribution in [2.45, 2.75) is 12.8 Å². The van der Waals surface area contributed by atoms with Gasteiger partial charge in [0.25, 0.3) is 5.69 Å². The average Bonchev–Trinajstić information content (AvgIpc) is 3.13. The van der Waals surface area contributed by atoms with Crippen molar-refractivity contribution in [2.24, 2.45) is 0 Å². The lowest BCUT2D eigenvalue weighted by Gasteiger charge is -2.15. The van der Waals surface area contributed by atoms with Crippen LogP contribution in [0, 0.1) is 10.1 Å². The molecule has 3 aromatic rings. The van der Waals surface area contributed by atoms with Crippen LogP contribution >= 0.6 is 0 Å². The average molecular weight is 351 g/mol. The highest BCUT2D eigenvalue weighted by Crippen LogP contribution is 2.37. The van der Waals surface area contributed by atoms with Crippen molar-refractivity contribution in [1.82, 2.24) is 9.97 Å². The van der Waals surface area contributed by atoms with Gasteiger partial charge in [0.2, 0.25) is 5.91 Å². The number of benzene rings is 2. The summed E-state index contributed by atoms with van der Waals surface area (Å²) in [6, 6.07) is 8.49. The lowest BCUT2D eigenvalue weighted by atomic mass is 10.0. The van der Waals surface area contributed by atoms with E-state index in [9.17, 15) is 14.9 Å². The first-order valence-corrected chi connectivity index (χ1v) is 8.16. The van der Waals surface area contributed by atoms with E-state index >= 15 is 0 Å². The summed E-state index contributed by atoms with van der Waals surface area (Å²) in [4.78, 5) is 32.2. The topological polar surface area (TPSA) is 104 Å². The Bertz CT molecular complexity index is 1070. The van der Waals surface area contributed by atoms with E-state index in [-0.39, 0.29) is 17.5 Å². The molecule has 1 aromatic heterocycles. The number of imidazole rings is 1. The zero-order valence-corrected chi connectivity index (χ0v) is 14.5.